The predicted molar refractivity (Wildman–Crippen MR) is 428 cm³/mol. The Morgan fingerprint density at radius 1 is 0.269 bits per heavy atom. The molecule has 104 heavy (non-hydrogen) atoms. The van der Waals surface area contributed by atoms with Crippen molar-refractivity contribution in [2.24, 2.45) is 23.7 Å². The van der Waals surface area contributed by atoms with Gasteiger partial charge >= 0.3 is 39.5 Å². The van der Waals surface area contributed by atoms with Gasteiger partial charge in [-0.15, -0.1) is 0 Å². The van der Waals surface area contributed by atoms with Crippen LogP contribution in [0.3, 0.4) is 0 Å². The van der Waals surface area contributed by atoms with Gasteiger partial charge in [-0.1, -0.05) is 389 Å². The molecule has 0 rings (SSSR count). The van der Waals surface area contributed by atoms with Crippen LogP contribution < -0.4 is 0 Å². The van der Waals surface area contributed by atoms with Crippen LogP contribution in [0, 0.1) is 23.7 Å². The van der Waals surface area contributed by atoms with Crippen LogP contribution >= 0.6 is 15.6 Å². The fraction of sp³-hybridized carbons (Fsp3) is 0.953. The Morgan fingerprint density at radius 2 is 0.462 bits per heavy atom. The van der Waals surface area contributed by atoms with Crippen LogP contribution in [-0.2, 0) is 65.4 Å². The van der Waals surface area contributed by atoms with Crippen molar-refractivity contribution < 1.29 is 80.2 Å². The molecule has 0 bridgehead atoms. The molecule has 0 aromatic carbocycles. The molecule has 3 N–H and O–H groups in total. The third kappa shape index (κ3) is 75.5. The van der Waals surface area contributed by atoms with Gasteiger partial charge in [-0.05, 0) is 49.4 Å². The normalized spacial score (nSPS) is 14.5. The fourth-order valence-corrected chi connectivity index (χ4v) is 14.7. The first-order chi connectivity index (χ1) is 50.2. The summed E-state index contributed by atoms with van der Waals surface area (Å²) in [4.78, 5) is 73.1. The Bertz CT molecular complexity index is 2030. The number of carbonyl (C=O) groups is 4. The first-order valence-corrected chi connectivity index (χ1v) is 46.8. The molecule has 0 aromatic heterocycles. The van der Waals surface area contributed by atoms with E-state index in [4.69, 9.17) is 37.0 Å². The van der Waals surface area contributed by atoms with Crippen LogP contribution in [0.2, 0.25) is 0 Å². The Kier molecular flexibility index (Phi) is 72.5. The highest BCUT2D eigenvalue weighted by atomic mass is 31.2. The Balaban J connectivity index is 5.19. The number of rotatable bonds is 82. The summed E-state index contributed by atoms with van der Waals surface area (Å²) < 4.78 is 68.8. The number of aliphatic hydroxyl groups is 1. The lowest BCUT2D eigenvalue weighted by Gasteiger charge is -2.21. The fourth-order valence-electron chi connectivity index (χ4n) is 13.1. The molecule has 0 spiro atoms. The minimum Gasteiger partial charge on any atom is -0.462 e. The standard InChI is InChI=1S/C85H166O17P2/c1-9-77(7)63-55-47-39-32-28-24-20-16-12-14-18-22-26-30-34-41-51-59-67-84(89)101-80(71-95-82(87)65-57-49-40-33-29-25-21-17-13-11-15-19-23-27-31-37-45-53-61-75(3)4)73-99-103(91,92)97-69-79(86)70-98-104(93,94)100-74-81(72-96-83(88)66-58-50-44-43-48-56-64-78(8)10-2)102-85(90)68-60-52-42-36-35-38-46-54-62-76(5)6/h75-81,86H,9-74H2,1-8H3,(H,91,92)(H,93,94)/t77?,78?,79-,80-,81-/m1/s1. The predicted octanol–water partition coefficient (Wildman–Crippen LogP) is 25.6. The van der Waals surface area contributed by atoms with Crippen molar-refractivity contribution in [2.75, 3.05) is 39.6 Å². The van der Waals surface area contributed by atoms with E-state index >= 15 is 0 Å². The molecule has 0 fully saturated rings. The SMILES string of the molecule is CCC(C)CCCCCCCCCCCCCCCCCCCCC(=O)O[C@H](COC(=O)CCCCCCCCCCCCCCCCCCCCC(C)C)COP(=O)(O)OC[C@@H](O)COP(=O)(O)OC[C@@H](COC(=O)CCCCCCCCC(C)CC)OC(=O)CCCCCCCCCCC(C)C. The molecule has 0 aliphatic heterocycles. The Morgan fingerprint density at radius 3 is 0.683 bits per heavy atom. The van der Waals surface area contributed by atoms with Gasteiger partial charge in [0.05, 0.1) is 26.4 Å². The summed E-state index contributed by atoms with van der Waals surface area (Å²) in [6, 6.07) is 0. The van der Waals surface area contributed by atoms with Crippen molar-refractivity contribution in [3.63, 3.8) is 0 Å². The zero-order chi connectivity index (χ0) is 76.7. The lowest BCUT2D eigenvalue weighted by molar-refractivity contribution is -0.161. The second-order valence-corrected chi connectivity index (χ2v) is 34.9. The molecule has 0 radical (unpaired) electrons. The van der Waals surface area contributed by atoms with E-state index in [0.717, 1.165) is 120 Å². The van der Waals surface area contributed by atoms with E-state index in [0.29, 0.717) is 25.7 Å². The first-order valence-electron chi connectivity index (χ1n) is 43.8. The maximum absolute atomic E-state index is 13.1. The van der Waals surface area contributed by atoms with Crippen LogP contribution in [0.25, 0.3) is 0 Å². The molecular formula is C85H166O17P2. The average Bonchev–Trinajstić information content (AvgIpc) is 0.903. The number of unbranched alkanes of at least 4 members (excludes halogenated alkanes) is 46. The summed E-state index contributed by atoms with van der Waals surface area (Å²) in [5, 5.41) is 10.7. The number of ether oxygens (including phenoxy) is 4. The molecule has 0 amide bonds. The van der Waals surface area contributed by atoms with Crippen molar-refractivity contribution in [2.45, 2.75) is 459 Å². The molecule has 0 aromatic rings. The summed E-state index contributed by atoms with van der Waals surface area (Å²) in [5.41, 5.74) is 0. The van der Waals surface area contributed by atoms with Gasteiger partial charge in [-0.2, -0.15) is 0 Å². The van der Waals surface area contributed by atoms with Crippen molar-refractivity contribution in [3.05, 3.63) is 0 Å². The van der Waals surface area contributed by atoms with Gasteiger partial charge in [0, 0.05) is 25.7 Å². The minimum atomic E-state index is -4.97. The molecule has 0 heterocycles. The maximum atomic E-state index is 13.1. The van der Waals surface area contributed by atoms with Crippen molar-refractivity contribution in [1.82, 2.24) is 0 Å². The zero-order valence-electron chi connectivity index (χ0n) is 68.7. The van der Waals surface area contributed by atoms with Crippen molar-refractivity contribution in [1.29, 1.82) is 0 Å². The number of hydrogen-bond donors (Lipinski definition) is 3. The highest BCUT2D eigenvalue weighted by Gasteiger charge is 2.30. The number of phosphoric ester groups is 2. The lowest BCUT2D eigenvalue weighted by atomic mass is 9.99. The number of phosphoric acid groups is 2. The van der Waals surface area contributed by atoms with Gasteiger partial charge in [0.25, 0.3) is 0 Å². The van der Waals surface area contributed by atoms with Crippen LogP contribution in [0.15, 0.2) is 0 Å². The van der Waals surface area contributed by atoms with Crippen LogP contribution in [-0.4, -0.2) is 96.7 Å². The smallest absolute Gasteiger partial charge is 0.462 e. The second-order valence-electron chi connectivity index (χ2n) is 32.0. The van der Waals surface area contributed by atoms with E-state index in [1.807, 2.05) is 0 Å². The van der Waals surface area contributed by atoms with Gasteiger partial charge in [0.2, 0.25) is 0 Å². The molecule has 618 valence electrons. The third-order valence-corrected chi connectivity index (χ3v) is 22.4. The molecule has 19 heteroatoms. The molecule has 0 saturated carbocycles. The molecule has 0 aliphatic carbocycles. The highest BCUT2D eigenvalue weighted by molar-refractivity contribution is 7.47. The molecule has 4 unspecified atom stereocenters. The zero-order valence-corrected chi connectivity index (χ0v) is 70.5. The molecule has 0 saturated heterocycles. The molecule has 17 nitrogen and oxygen atoms in total. The van der Waals surface area contributed by atoms with Crippen LogP contribution in [0.5, 0.6) is 0 Å². The van der Waals surface area contributed by atoms with E-state index in [-0.39, 0.29) is 25.7 Å². The average molecular weight is 1520 g/mol. The number of hydrogen-bond acceptors (Lipinski definition) is 15. The van der Waals surface area contributed by atoms with E-state index in [2.05, 4.69) is 55.4 Å². The van der Waals surface area contributed by atoms with E-state index in [9.17, 15) is 43.2 Å². The monoisotopic (exact) mass is 1520 g/mol. The van der Waals surface area contributed by atoms with E-state index < -0.39 is 97.5 Å². The molecule has 0 aliphatic rings. The van der Waals surface area contributed by atoms with Crippen LogP contribution in [0.4, 0.5) is 0 Å². The minimum absolute atomic E-state index is 0.104. The Labute approximate surface area is 638 Å². The first kappa shape index (κ1) is 102. The number of carbonyl (C=O) groups excluding carboxylic acids is 4. The van der Waals surface area contributed by atoms with Gasteiger partial charge in [-0.3, -0.25) is 37.3 Å². The number of esters is 4. The molecular weight excluding hydrogens is 1350 g/mol. The van der Waals surface area contributed by atoms with E-state index in [1.54, 1.807) is 0 Å². The lowest BCUT2D eigenvalue weighted by Crippen LogP contribution is -2.30. The van der Waals surface area contributed by atoms with E-state index in [1.165, 1.54) is 238 Å². The Hall–Kier alpha value is -1.94. The summed E-state index contributed by atoms with van der Waals surface area (Å²) in [5.74, 6) is 1.03. The maximum Gasteiger partial charge on any atom is 0.472 e. The molecule has 7 atom stereocenters. The largest absolute Gasteiger partial charge is 0.472 e. The summed E-state index contributed by atoms with van der Waals surface area (Å²) in [6.07, 6.45) is 62.7. The summed E-state index contributed by atoms with van der Waals surface area (Å²) in [7, 11) is -9.92. The second kappa shape index (κ2) is 73.8. The van der Waals surface area contributed by atoms with Gasteiger partial charge < -0.3 is 33.8 Å². The van der Waals surface area contributed by atoms with Crippen LogP contribution in [0.1, 0.15) is 441 Å². The number of aliphatic hydroxyl groups excluding tert-OH is 1. The van der Waals surface area contributed by atoms with Gasteiger partial charge in [0.1, 0.15) is 19.3 Å². The van der Waals surface area contributed by atoms with Crippen molar-refractivity contribution in [3.8, 4) is 0 Å². The summed E-state index contributed by atoms with van der Waals surface area (Å²) >= 11 is 0. The summed E-state index contributed by atoms with van der Waals surface area (Å²) in [6.45, 7) is 14.3. The van der Waals surface area contributed by atoms with Crippen molar-refractivity contribution >= 4 is 39.5 Å². The van der Waals surface area contributed by atoms with Gasteiger partial charge in [0.15, 0.2) is 12.2 Å². The van der Waals surface area contributed by atoms with Gasteiger partial charge in [-0.25, -0.2) is 9.13 Å². The highest BCUT2D eigenvalue weighted by Crippen LogP contribution is 2.45. The topological polar surface area (TPSA) is 237 Å². The quantitative estimate of drug-likeness (QED) is 0.0222. The third-order valence-electron chi connectivity index (χ3n) is 20.5.